The summed E-state index contributed by atoms with van der Waals surface area (Å²) in [5.41, 5.74) is 6.87. The third-order valence-electron chi connectivity index (χ3n) is 1.77. The van der Waals surface area contributed by atoms with Gasteiger partial charge in [0.25, 0.3) is 0 Å². The van der Waals surface area contributed by atoms with Crippen LogP contribution in [-0.4, -0.2) is 4.37 Å². The molecule has 0 aromatic carbocycles. The van der Waals surface area contributed by atoms with Crippen LogP contribution in [0.1, 0.15) is 31.7 Å². The number of hydrogen-bond acceptors (Lipinski definition) is 3. The van der Waals surface area contributed by atoms with E-state index in [2.05, 4.69) is 18.2 Å². The van der Waals surface area contributed by atoms with E-state index >= 15 is 0 Å². The minimum absolute atomic E-state index is 0.554. The van der Waals surface area contributed by atoms with Crippen LogP contribution < -0.4 is 5.73 Å². The van der Waals surface area contributed by atoms with Crippen molar-refractivity contribution in [3.63, 3.8) is 0 Å². The Morgan fingerprint density at radius 2 is 2.50 bits per heavy atom. The average Bonchev–Trinajstić information content (AvgIpc) is 2.34. The quantitative estimate of drug-likeness (QED) is 0.713. The maximum atomic E-state index is 5.67. The molecule has 3 heteroatoms. The second-order valence-electron chi connectivity index (χ2n) is 2.45. The Balaban J connectivity index is 2.82. The highest BCUT2D eigenvalue weighted by atomic mass is 32.1. The fraction of sp³-hybridized carbons (Fsp3) is 0.571. The van der Waals surface area contributed by atoms with Crippen molar-refractivity contribution in [3.8, 4) is 0 Å². The molecule has 1 rings (SSSR count). The summed E-state index contributed by atoms with van der Waals surface area (Å²) in [6.07, 6.45) is 3.00. The summed E-state index contributed by atoms with van der Waals surface area (Å²) in [7, 11) is 0. The molecule has 1 aromatic rings. The molecule has 56 valence electrons. The lowest BCUT2D eigenvalue weighted by atomic mass is 10.0. The topological polar surface area (TPSA) is 38.9 Å². The number of nitrogens with two attached hydrogens (primary N) is 1. The Kier molecular flexibility index (Phi) is 2.27. The lowest BCUT2D eigenvalue weighted by Gasteiger charge is -2.04. The smallest absolute Gasteiger partial charge is 0.110 e. The molecule has 0 saturated carbocycles. The second-order valence-corrected chi connectivity index (χ2v) is 3.29. The highest BCUT2D eigenvalue weighted by Crippen LogP contribution is 2.26. The average molecular weight is 156 g/mol. The maximum absolute atomic E-state index is 5.67. The maximum Gasteiger partial charge on any atom is 0.110 e. The first-order chi connectivity index (χ1) is 4.75. The van der Waals surface area contributed by atoms with Crippen LogP contribution in [0.3, 0.4) is 0 Å². The number of aromatic nitrogens is 1. The van der Waals surface area contributed by atoms with E-state index in [4.69, 9.17) is 5.73 Å². The molecule has 1 atom stereocenters. The minimum atomic E-state index is 0.554. The van der Waals surface area contributed by atoms with Gasteiger partial charge in [0.05, 0.1) is 0 Å². The Labute approximate surface area is 65.2 Å². The predicted octanol–water partition coefficient (Wildman–Crippen LogP) is 2.24. The largest absolute Gasteiger partial charge is 0.389 e. The van der Waals surface area contributed by atoms with E-state index in [1.54, 1.807) is 0 Å². The molecule has 0 aliphatic carbocycles. The summed E-state index contributed by atoms with van der Waals surface area (Å²) in [5, 5.41) is 0.870. The summed E-state index contributed by atoms with van der Waals surface area (Å²) in [5.74, 6) is 0.554. The Bertz CT molecular complexity index is 207. The van der Waals surface area contributed by atoms with Gasteiger partial charge in [-0.2, -0.15) is 4.37 Å². The van der Waals surface area contributed by atoms with Gasteiger partial charge in [-0.25, -0.2) is 0 Å². The van der Waals surface area contributed by atoms with Gasteiger partial charge in [-0.3, -0.25) is 0 Å². The summed E-state index contributed by atoms with van der Waals surface area (Å²) in [4.78, 5) is 0. The van der Waals surface area contributed by atoms with Gasteiger partial charge in [0.15, 0.2) is 0 Å². The van der Waals surface area contributed by atoms with E-state index in [-0.39, 0.29) is 0 Å². The normalized spacial score (nSPS) is 13.4. The van der Waals surface area contributed by atoms with Gasteiger partial charge in [0.1, 0.15) is 5.00 Å². The SMILES string of the molecule is CCC(C)c1cnsc1N. The zero-order valence-corrected chi connectivity index (χ0v) is 7.11. The first-order valence-corrected chi connectivity index (χ1v) is 4.23. The second kappa shape index (κ2) is 3.01. The van der Waals surface area contributed by atoms with Gasteiger partial charge < -0.3 is 5.73 Å². The van der Waals surface area contributed by atoms with Gasteiger partial charge >= 0.3 is 0 Å². The van der Waals surface area contributed by atoms with E-state index in [0.29, 0.717) is 5.92 Å². The van der Waals surface area contributed by atoms with Crippen molar-refractivity contribution < 1.29 is 0 Å². The van der Waals surface area contributed by atoms with Crippen LogP contribution in [0.15, 0.2) is 6.20 Å². The number of nitrogen functional groups attached to an aromatic ring is 1. The van der Waals surface area contributed by atoms with Crippen LogP contribution in [-0.2, 0) is 0 Å². The molecule has 2 N–H and O–H groups in total. The van der Waals surface area contributed by atoms with Gasteiger partial charge in [0.2, 0.25) is 0 Å². The molecule has 0 radical (unpaired) electrons. The Morgan fingerprint density at radius 1 is 1.80 bits per heavy atom. The van der Waals surface area contributed by atoms with Crippen molar-refractivity contribution in [1.29, 1.82) is 0 Å². The van der Waals surface area contributed by atoms with Crippen LogP contribution in [0.4, 0.5) is 5.00 Å². The fourth-order valence-corrected chi connectivity index (χ4v) is 1.49. The Morgan fingerprint density at radius 3 is 2.90 bits per heavy atom. The van der Waals surface area contributed by atoms with E-state index in [9.17, 15) is 0 Å². The number of anilines is 1. The van der Waals surface area contributed by atoms with Crippen LogP contribution in [0.5, 0.6) is 0 Å². The molecule has 1 unspecified atom stereocenters. The molecule has 0 aliphatic heterocycles. The van der Waals surface area contributed by atoms with Crippen molar-refractivity contribution in [1.82, 2.24) is 4.37 Å². The first-order valence-electron chi connectivity index (χ1n) is 3.45. The summed E-state index contributed by atoms with van der Waals surface area (Å²) in [6, 6.07) is 0. The van der Waals surface area contributed by atoms with Crippen molar-refractivity contribution in [3.05, 3.63) is 11.8 Å². The van der Waals surface area contributed by atoms with Crippen molar-refractivity contribution in [2.75, 3.05) is 5.73 Å². The lowest BCUT2D eigenvalue weighted by Crippen LogP contribution is -1.92. The molecule has 2 nitrogen and oxygen atoms in total. The number of rotatable bonds is 2. The molecule has 1 aromatic heterocycles. The van der Waals surface area contributed by atoms with Crippen LogP contribution in [0, 0.1) is 0 Å². The summed E-state index contributed by atoms with van der Waals surface area (Å²) in [6.45, 7) is 4.32. The molecule has 0 fully saturated rings. The van der Waals surface area contributed by atoms with Gasteiger partial charge in [-0.15, -0.1) is 0 Å². The molecule has 0 aliphatic rings. The molecule has 0 saturated heterocycles. The first kappa shape index (κ1) is 7.54. The molecule has 10 heavy (non-hydrogen) atoms. The molecule has 0 amide bonds. The lowest BCUT2D eigenvalue weighted by molar-refractivity contribution is 0.737. The minimum Gasteiger partial charge on any atom is -0.389 e. The van der Waals surface area contributed by atoms with Gasteiger partial charge in [-0.05, 0) is 23.9 Å². The number of nitrogens with zero attached hydrogens (tertiary/aromatic N) is 1. The predicted molar refractivity (Wildman–Crippen MR) is 45.2 cm³/mol. The van der Waals surface area contributed by atoms with Crippen molar-refractivity contribution in [2.24, 2.45) is 0 Å². The fourth-order valence-electron chi connectivity index (χ4n) is 0.846. The molecular weight excluding hydrogens is 144 g/mol. The van der Waals surface area contributed by atoms with Gasteiger partial charge in [0, 0.05) is 11.8 Å². The van der Waals surface area contributed by atoms with E-state index in [1.165, 1.54) is 17.1 Å². The highest BCUT2D eigenvalue weighted by Gasteiger charge is 2.07. The van der Waals surface area contributed by atoms with Crippen molar-refractivity contribution in [2.45, 2.75) is 26.2 Å². The highest BCUT2D eigenvalue weighted by molar-refractivity contribution is 7.10. The Hall–Kier alpha value is -0.570. The van der Waals surface area contributed by atoms with Crippen LogP contribution >= 0.6 is 11.5 Å². The molecular formula is C7H12N2S. The van der Waals surface area contributed by atoms with Crippen LogP contribution in [0.25, 0.3) is 0 Å². The van der Waals surface area contributed by atoms with E-state index in [0.717, 1.165) is 11.4 Å². The monoisotopic (exact) mass is 156 g/mol. The van der Waals surface area contributed by atoms with E-state index in [1.807, 2.05) is 6.20 Å². The third kappa shape index (κ3) is 1.29. The third-order valence-corrected chi connectivity index (χ3v) is 2.41. The summed E-state index contributed by atoms with van der Waals surface area (Å²) >= 11 is 1.38. The zero-order chi connectivity index (χ0) is 7.56. The number of hydrogen-bond donors (Lipinski definition) is 1. The molecule has 0 spiro atoms. The standard InChI is InChI=1S/C7H12N2S/c1-3-5(2)6-4-9-10-7(6)8/h4-5H,3,8H2,1-2H3. The summed E-state index contributed by atoms with van der Waals surface area (Å²) < 4.78 is 4.01. The van der Waals surface area contributed by atoms with Crippen LogP contribution in [0.2, 0.25) is 0 Å². The molecule has 1 heterocycles. The zero-order valence-electron chi connectivity index (χ0n) is 6.29. The molecule has 0 bridgehead atoms. The van der Waals surface area contributed by atoms with Gasteiger partial charge in [-0.1, -0.05) is 13.8 Å². The van der Waals surface area contributed by atoms with Crippen molar-refractivity contribution >= 4 is 16.5 Å². The van der Waals surface area contributed by atoms with E-state index < -0.39 is 0 Å².